The standard InChI is InChI=1S/C16H16F3N3O2/c1-24-12-4-2-3-10(7-12)13-8-11(23)9-22(13)15-6-5-14(20-21-15)16(17,18)19/h2-7,11,13,23H,8-9H2,1H3/t11-,13+/m1/s1. The van der Waals surface area contributed by atoms with Crippen LogP contribution in [0.3, 0.4) is 0 Å². The van der Waals surface area contributed by atoms with Gasteiger partial charge in [-0.15, -0.1) is 10.2 Å². The molecule has 2 heterocycles. The van der Waals surface area contributed by atoms with E-state index in [0.29, 0.717) is 18.0 Å². The average molecular weight is 339 g/mol. The predicted octanol–water partition coefficient (Wildman–Crippen LogP) is 2.82. The number of ether oxygens (including phenoxy) is 1. The molecular formula is C16H16F3N3O2. The minimum Gasteiger partial charge on any atom is -0.497 e. The highest BCUT2D eigenvalue weighted by molar-refractivity contribution is 5.45. The molecule has 1 aromatic heterocycles. The van der Waals surface area contributed by atoms with Crippen LogP contribution in [0.2, 0.25) is 0 Å². The number of β-amino-alcohol motifs (C(OH)–C–C–N with tert-alkyl or cyclic N) is 1. The van der Waals surface area contributed by atoms with Gasteiger partial charge in [0.25, 0.3) is 0 Å². The van der Waals surface area contributed by atoms with E-state index < -0.39 is 18.0 Å². The van der Waals surface area contributed by atoms with Crippen LogP contribution in [0.15, 0.2) is 36.4 Å². The van der Waals surface area contributed by atoms with Gasteiger partial charge in [0, 0.05) is 6.54 Å². The Morgan fingerprint density at radius 1 is 1.21 bits per heavy atom. The number of aliphatic hydroxyl groups is 1. The van der Waals surface area contributed by atoms with E-state index in [1.807, 2.05) is 18.2 Å². The zero-order chi connectivity index (χ0) is 17.3. The number of hydrogen-bond donors (Lipinski definition) is 1. The molecule has 1 saturated heterocycles. The number of alkyl halides is 3. The summed E-state index contributed by atoms with van der Waals surface area (Å²) in [5.74, 6) is 0.972. The van der Waals surface area contributed by atoms with Gasteiger partial charge in [-0.2, -0.15) is 13.2 Å². The van der Waals surface area contributed by atoms with Gasteiger partial charge in [-0.25, -0.2) is 0 Å². The van der Waals surface area contributed by atoms with Crippen LogP contribution >= 0.6 is 0 Å². The van der Waals surface area contributed by atoms with Crippen LogP contribution in [0, 0.1) is 0 Å². The molecule has 1 N–H and O–H groups in total. The fraction of sp³-hybridized carbons (Fsp3) is 0.375. The molecule has 0 aliphatic carbocycles. The van der Waals surface area contributed by atoms with Gasteiger partial charge in [-0.05, 0) is 36.2 Å². The number of aliphatic hydroxyl groups excluding tert-OH is 1. The molecule has 0 unspecified atom stereocenters. The maximum Gasteiger partial charge on any atom is 0.435 e. The summed E-state index contributed by atoms with van der Waals surface area (Å²) in [4.78, 5) is 1.76. The first-order valence-corrected chi connectivity index (χ1v) is 7.38. The first-order chi connectivity index (χ1) is 11.4. The zero-order valence-corrected chi connectivity index (χ0v) is 12.9. The van der Waals surface area contributed by atoms with Crippen LogP contribution in [0.25, 0.3) is 0 Å². The van der Waals surface area contributed by atoms with Gasteiger partial charge in [0.15, 0.2) is 11.5 Å². The summed E-state index contributed by atoms with van der Waals surface area (Å²) in [5, 5.41) is 17.0. The highest BCUT2D eigenvalue weighted by Gasteiger charge is 2.36. The quantitative estimate of drug-likeness (QED) is 0.932. The molecule has 0 bridgehead atoms. The fourth-order valence-corrected chi connectivity index (χ4v) is 2.86. The molecule has 3 rings (SSSR count). The van der Waals surface area contributed by atoms with E-state index in [1.165, 1.54) is 6.07 Å². The van der Waals surface area contributed by atoms with Crippen molar-refractivity contribution in [3.8, 4) is 5.75 Å². The van der Waals surface area contributed by atoms with Crippen molar-refractivity contribution >= 4 is 5.82 Å². The molecule has 1 fully saturated rings. The van der Waals surface area contributed by atoms with Crippen molar-refractivity contribution < 1.29 is 23.0 Å². The number of anilines is 1. The molecule has 0 radical (unpaired) electrons. The van der Waals surface area contributed by atoms with E-state index in [4.69, 9.17) is 4.74 Å². The third-order valence-electron chi connectivity index (χ3n) is 3.99. The lowest BCUT2D eigenvalue weighted by Crippen LogP contribution is -2.26. The number of methoxy groups -OCH3 is 1. The van der Waals surface area contributed by atoms with Crippen molar-refractivity contribution in [3.63, 3.8) is 0 Å². The van der Waals surface area contributed by atoms with Crippen LogP contribution < -0.4 is 9.64 Å². The minimum absolute atomic E-state index is 0.207. The van der Waals surface area contributed by atoms with Gasteiger partial charge >= 0.3 is 6.18 Å². The second-order valence-electron chi connectivity index (χ2n) is 5.61. The minimum atomic E-state index is -4.53. The maximum atomic E-state index is 12.6. The number of nitrogens with zero attached hydrogens (tertiary/aromatic N) is 3. The molecule has 1 aliphatic heterocycles. The van der Waals surface area contributed by atoms with Crippen molar-refractivity contribution in [2.75, 3.05) is 18.6 Å². The lowest BCUT2D eigenvalue weighted by Gasteiger charge is -2.25. The highest BCUT2D eigenvalue weighted by Crippen LogP contribution is 2.37. The van der Waals surface area contributed by atoms with Gasteiger partial charge in [0.1, 0.15) is 5.75 Å². The Balaban J connectivity index is 1.90. The van der Waals surface area contributed by atoms with E-state index in [9.17, 15) is 18.3 Å². The Morgan fingerprint density at radius 3 is 2.62 bits per heavy atom. The summed E-state index contributed by atoms with van der Waals surface area (Å²) < 4.78 is 43.0. The van der Waals surface area contributed by atoms with Crippen LogP contribution in [0.5, 0.6) is 5.75 Å². The molecule has 2 aromatic rings. The van der Waals surface area contributed by atoms with Gasteiger partial charge in [-0.1, -0.05) is 12.1 Å². The summed E-state index contributed by atoms with van der Waals surface area (Å²) in [6.45, 7) is 0.280. The molecular weight excluding hydrogens is 323 g/mol. The topological polar surface area (TPSA) is 58.5 Å². The van der Waals surface area contributed by atoms with Gasteiger partial charge in [-0.3, -0.25) is 0 Å². The second kappa shape index (κ2) is 6.27. The molecule has 0 saturated carbocycles. The average Bonchev–Trinajstić information content (AvgIpc) is 2.96. The number of halogens is 3. The van der Waals surface area contributed by atoms with Gasteiger partial charge in [0.2, 0.25) is 0 Å². The summed E-state index contributed by atoms with van der Waals surface area (Å²) in [6, 6.07) is 9.33. The van der Waals surface area contributed by atoms with Crippen LogP contribution in [-0.2, 0) is 6.18 Å². The molecule has 2 atom stereocenters. The lowest BCUT2D eigenvalue weighted by atomic mass is 10.0. The Morgan fingerprint density at radius 2 is 2.00 bits per heavy atom. The van der Waals surface area contributed by atoms with Crippen molar-refractivity contribution in [2.24, 2.45) is 0 Å². The zero-order valence-electron chi connectivity index (χ0n) is 12.9. The van der Waals surface area contributed by atoms with Crippen molar-refractivity contribution in [2.45, 2.75) is 24.7 Å². The number of hydrogen-bond acceptors (Lipinski definition) is 5. The Kier molecular flexibility index (Phi) is 4.31. The van der Waals surface area contributed by atoms with Crippen molar-refractivity contribution in [3.05, 3.63) is 47.7 Å². The maximum absolute atomic E-state index is 12.6. The summed E-state index contributed by atoms with van der Waals surface area (Å²) in [7, 11) is 1.56. The fourth-order valence-electron chi connectivity index (χ4n) is 2.86. The van der Waals surface area contributed by atoms with E-state index in [0.717, 1.165) is 11.6 Å². The highest BCUT2D eigenvalue weighted by atomic mass is 19.4. The molecule has 1 aliphatic rings. The smallest absolute Gasteiger partial charge is 0.435 e. The van der Waals surface area contributed by atoms with Gasteiger partial charge in [0.05, 0.1) is 19.3 Å². The number of aromatic nitrogens is 2. The number of benzene rings is 1. The van der Waals surface area contributed by atoms with Crippen LogP contribution in [0.1, 0.15) is 23.7 Å². The third kappa shape index (κ3) is 3.28. The van der Waals surface area contributed by atoms with E-state index >= 15 is 0 Å². The summed E-state index contributed by atoms with van der Waals surface area (Å²) in [5.41, 5.74) is -0.142. The molecule has 5 nitrogen and oxygen atoms in total. The molecule has 0 amide bonds. The van der Waals surface area contributed by atoms with Crippen molar-refractivity contribution in [1.29, 1.82) is 0 Å². The Bertz CT molecular complexity index is 706. The molecule has 128 valence electrons. The van der Waals surface area contributed by atoms with Crippen molar-refractivity contribution in [1.82, 2.24) is 10.2 Å². The third-order valence-corrected chi connectivity index (χ3v) is 3.99. The Hall–Kier alpha value is -2.35. The SMILES string of the molecule is COc1cccc([C@@H]2C[C@@H](O)CN2c2ccc(C(F)(F)F)nn2)c1. The Labute approximate surface area is 136 Å². The summed E-state index contributed by atoms with van der Waals surface area (Å²) in [6.07, 6.45) is -4.66. The van der Waals surface area contributed by atoms with Crippen LogP contribution in [-0.4, -0.2) is 35.1 Å². The van der Waals surface area contributed by atoms with E-state index in [2.05, 4.69) is 10.2 Å². The molecule has 0 spiro atoms. The van der Waals surface area contributed by atoms with E-state index in [-0.39, 0.29) is 12.6 Å². The first-order valence-electron chi connectivity index (χ1n) is 7.38. The predicted molar refractivity (Wildman–Crippen MR) is 80.7 cm³/mol. The van der Waals surface area contributed by atoms with E-state index in [1.54, 1.807) is 18.1 Å². The largest absolute Gasteiger partial charge is 0.497 e. The molecule has 24 heavy (non-hydrogen) atoms. The lowest BCUT2D eigenvalue weighted by molar-refractivity contribution is -0.141. The second-order valence-corrected chi connectivity index (χ2v) is 5.61. The molecule has 8 heteroatoms. The number of rotatable bonds is 3. The normalized spacial score (nSPS) is 21.1. The van der Waals surface area contributed by atoms with Gasteiger partial charge < -0.3 is 14.7 Å². The monoisotopic (exact) mass is 339 g/mol. The first kappa shape index (κ1) is 16.5. The van der Waals surface area contributed by atoms with Crippen LogP contribution in [0.4, 0.5) is 19.0 Å². The summed E-state index contributed by atoms with van der Waals surface area (Å²) >= 11 is 0. The molecule has 1 aromatic carbocycles.